The number of methoxy groups -OCH3 is 1. The minimum atomic E-state index is 0.179. The number of nitrogens with zero attached hydrogens (tertiary/aromatic N) is 3. The van der Waals surface area contributed by atoms with Crippen molar-refractivity contribution in [2.45, 2.75) is 45.6 Å². The van der Waals surface area contributed by atoms with E-state index >= 15 is 0 Å². The van der Waals surface area contributed by atoms with E-state index in [-0.39, 0.29) is 5.91 Å². The van der Waals surface area contributed by atoms with Gasteiger partial charge in [0.1, 0.15) is 11.5 Å². The van der Waals surface area contributed by atoms with Gasteiger partial charge in [-0.15, -0.1) is 0 Å². The monoisotopic (exact) mass is 494 g/mol. The molecule has 8 heteroatoms. The van der Waals surface area contributed by atoms with Crippen LogP contribution in [-0.2, 0) is 17.8 Å². The van der Waals surface area contributed by atoms with E-state index in [9.17, 15) is 4.79 Å². The summed E-state index contributed by atoms with van der Waals surface area (Å²) < 4.78 is 13.2. The van der Waals surface area contributed by atoms with E-state index in [1.807, 2.05) is 52.8 Å². The van der Waals surface area contributed by atoms with Gasteiger partial charge in [0, 0.05) is 31.6 Å². The number of H-pyrrole nitrogens is 1. The third kappa shape index (κ3) is 6.51. The van der Waals surface area contributed by atoms with Crippen LogP contribution in [0.3, 0.4) is 0 Å². The average Bonchev–Trinajstić information content (AvgIpc) is 3.27. The van der Waals surface area contributed by atoms with Gasteiger partial charge in [-0.1, -0.05) is 12.1 Å². The first-order chi connectivity index (χ1) is 17.1. The number of likely N-dealkylation sites (tertiary alicyclic amines) is 1. The molecule has 35 heavy (non-hydrogen) atoms. The number of piperidine rings is 1. The average molecular weight is 495 g/mol. The Morgan fingerprint density at radius 3 is 2.43 bits per heavy atom. The van der Waals surface area contributed by atoms with Crippen molar-refractivity contribution in [2.24, 2.45) is 5.92 Å². The number of benzene rings is 2. The van der Waals surface area contributed by atoms with E-state index in [1.54, 1.807) is 7.11 Å². The van der Waals surface area contributed by atoms with Gasteiger partial charge in [0.25, 0.3) is 0 Å². The van der Waals surface area contributed by atoms with Crippen molar-refractivity contribution < 1.29 is 14.3 Å². The maximum Gasteiger partial charge on any atom is 0.224 e. The molecule has 0 saturated carbocycles. The van der Waals surface area contributed by atoms with Crippen LogP contribution in [0.15, 0.2) is 48.5 Å². The molecule has 0 radical (unpaired) electrons. The molecule has 4 rings (SSSR count). The molecule has 0 unspecified atom stereocenters. The van der Waals surface area contributed by atoms with Crippen molar-refractivity contribution in [3.05, 3.63) is 58.9 Å². The quantitative estimate of drug-likeness (QED) is 0.389. The number of hydrogen-bond donors (Lipinski definition) is 1. The molecule has 2 heterocycles. The summed E-state index contributed by atoms with van der Waals surface area (Å²) >= 11 is 5.42. The Kier molecular flexibility index (Phi) is 8.58. The SMILES string of the molecule is CCOc1ccc(CCC2CCN(C(=O)CCn3c(-c4ccc(OC)cc4)n[nH]c3=S)CC2)cc1. The van der Waals surface area contributed by atoms with Gasteiger partial charge in [-0.2, -0.15) is 5.10 Å². The second-order valence-electron chi connectivity index (χ2n) is 8.92. The molecule has 7 nitrogen and oxygen atoms in total. The molecular formula is C27H34N4O3S. The van der Waals surface area contributed by atoms with Crippen molar-refractivity contribution in [3.63, 3.8) is 0 Å². The molecule has 1 aliphatic rings. The first kappa shape index (κ1) is 25.0. The van der Waals surface area contributed by atoms with Crippen LogP contribution in [-0.4, -0.2) is 52.4 Å². The highest BCUT2D eigenvalue weighted by Gasteiger charge is 2.23. The zero-order valence-corrected chi connectivity index (χ0v) is 21.4. The Balaban J connectivity index is 1.24. The normalized spacial score (nSPS) is 14.2. The van der Waals surface area contributed by atoms with Crippen molar-refractivity contribution in [1.82, 2.24) is 19.7 Å². The summed E-state index contributed by atoms with van der Waals surface area (Å²) in [4.78, 5) is 14.9. The van der Waals surface area contributed by atoms with E-state index in [2.05, 4.69) is 22.3 Å². The van der Waals surface area contributed by atoms with Gasteiger partial charge in [0.2, 0.25) is 5.91 Å². The van der Waals surface area contributed by atoms with Crippen molar-refractivity contribution in [3.8, 4) is 22.9 Å². The largest absolute Gasteiger partial charge is 0.497 e. The van der Waals surface area contributed by atoms with Crippen molar-refractivity contribution in [1.29, 1.82) is 0 Å². The van der Waals surface area contributed by atoms with Gasteiger partial charge in [0.15, 0.2) is 10.6 Å². The molecular weight excluding hydrogens is 460 g/mol. The minimum Gasteiger partial charge on any atom is -0.497 e. The molecule has 1 N–H and O–H groups in total. The highest BCUT2D eigenvalue weighted by molar-refractivity contribution is 7.71. The molecule has 1 saturated heterocycles. The van der Waals surface area contributed by atoms with Gasteiger partial charge in [-0.3, -0.25) is 14.5 Å². The second kappa shape index (κ2) is 12.0. The molecule has 1 fully saturated rings. The first-order valence-electron chi connectivity index (χ1n) is 12.4. The lowest BCUT2D eigenvalue weighted by atomic mass is 9.90. The van der Waals surface area contributed by atoms with E-state index in [0.29, 0.717) is 30.3 Å². The third-order valence-corrected chi connectivity index (χ3v) is 7.01. The molecule has 1 amide bonds. The molecule has 186 valence electrons. The number of carbonyl (C=O) groups is 1. The number of carbonyl (C=O) groups excluding carboxylic acids is 1. The van der Waals surface area contributed by atoms with Crippen LogP contribution in [0.25, 0.3) is 11.4 Å². The Bertz CT molecular complexity index is 1150. The molecule has 0 atom stereocenters. The van der Waals surface area contributed by atoms with Gasteiger partial charge in [-0.25, -0.2) is 0 Å². The molecule has 0 bridgehead atoms. The Hall–Kier alpha value is -3.13. The highest BCUT2D eigenvalue weighted by atomic mass is 32.1. The Morgan fingerprint density at radius 1 is 1.09 bits per heavy atom. The maximum atomic E-state index is 12.9. The fourth-order valence-electron chi connectivity index (χ4n) is 4.61. The number of aryl methyl sites for hydroxylation is 1. The number of aromatic nitrogens is 3. The van der Waals surface area contributed by atoms with Gasteiger partial charge >= 0.3 is 0 Å². The first-order valence-corrected chi connectivity index (χ1v) is 12.8. The standard InChI is InChI=1S/C27H34N4O3S/c1-3-34-24-10-6-20(7-11-24)4-5-21-14-17-30(18-15-21)25(32)16-19-31-26(28-29-27(31)35)22-8-12-23(33-2)13-9-22/h6-13,21H,3-5,14-19H2,1-2H3,(H,29,35). The number of aromatic amines is 1. The summed E-state index contributed by atoms with van der Waals surface area (Å²) in [5.41, 5.74) is 2.27. The molecule has 3 aromatic rings. The van der Waals surface area contributed by atoms with E-state index in [4.69, 9.17) is 21.7 Å². The lowest BCUT2D eigenvalue weighted by molar-refractivity contribution is -0.132. The van der Waals surface area contributed by atoms with Gasteiger partial charge in [0.05, 0.1) is 13.7 Å². The van der Waals surface area contributed by atoms with Crippen LogP contribution in [0.5, 0.6) is 11.5 Å². The summed E-state index contributed by atoms with van der Waals surface area (Å²) in [5.74, 6) is 3.29. The maximum absolute atomic E-state index is 12.9. The molecule has 2 aromatic carbocycles. The van der Waals surface area contributed by atoms with Crippen LogP contribution < -0.4 is 9.47 Å². The molecule has 0 spiro atoms. The smallest absolute Gasteiger partial charge is 0.224 e. The molecule has 1 aliphatic heterocycles. The zero-order chi connectivity index (χ0) is 24.6. The van der Waals surface area contributed by atoms with Crippen LogP contribution in [0.2, 0.25) is 0 Å². The Labute approximate surface area is 212 Å². The number of rotatable bonds is 10. The van der Waals surface area contributed by atoms with E-state index in [1.165, 1.54) is 5.56 Å². The molecule has 0 aliphatic carbocycles. The summed E-state index contributed by atoms with van der Waals surface area (Å²) in [6.45, 7) is 4.85. The fourth-order valence-corrected chi connectivity index (χ4v) is 4.84. The van der Waals surface area contributed by atoms with Crippen LogP contribution in [0, 0.1) is 10.7 Å². The fraction of sp³-hybridized carbons (Fsp3) is 0.444. The highest BCUT2D eigenvalue weighted by Crippen LogP contribution is 2.25. The number of ether oxygens (including phenoxy) is 2. The van der Waals surface area contributed by atoms with Crippen molar-refractivity contribution in [2.75, 3.05) is 26.8 Å². The predicted molar refractivity (Wildman–Crippen MR) is 139 cm³/mol. The summed E-state index contributed by atoms with van der Waals surface area (Å²) in [5, 5.41) is 7.24. The number of amides is 1. The van der Waals surface area contributed by atoms with E-state index in [0.717, 1.165) is 61.7 Å². The topological polar surface area (TPSA) is 72.4 Å². The number of nitrogens with one attached hydrogen (secondary N) is 1. The van der Waals surface area contributed by atoms with Gasteiger partial charge in [-0.05, 0) is 92.7 Å². The Morgan fingerprint density at radius 2 is 1.77 bits per heavy atom. The summed E-state index contributed by atoms with van der Waals surface area (Å²) in [6.07, 6.45) is 4.76. The zero-order valence-electron chi connectivity index (χ0n) is 20.5. The second-order valence-corrected chi connectivity index (χ2v) is 9.31. The lowest BCUT2D eigenvalue weighted by Gasteiger charge is -2.32. The van der Waals surface area contributed by atoms with Crippen LogP contribution >= 0.6 is 12.2 Å². The lowest BCUT2D eigenvalue weighted by Crippen LogP contribution is -2.38. The van der Waals surface area contributed by atoms with E-state index < -0.39 is 0 Å². The minimum absolute atomic E-state index is 0.179. The summed E-state index contributed by atoms with van der Waals surface area (Å²) in [6, 6.07) is 16.1. The van der Waals surface area contributed by atoms with Gasteiger partial charge < -0.3 is 14.4 Å². The predicted octanol–water partition coefficient (Wildman–Crippen LogP) is 5.28. The van der Waals surface area contributed by atoms with Crippen LogP contribution in [0.1, 0.15) is 38.2 Å². The molecule has 1 aromatic heterocycles. The van der Waals surface area contributed by atoms with Crippen molar-refractivity contribution >= 4 is 18.1 Å². The number of hydrogen-bond acceptors (Lipinski definition) is 5. The summed E-state index contributed by atoms with van der Waals surface area (Å²) in [7, 11) is 1.64. The van der Waals surface area contributed by atoms with Crippen LogP contribution in [0.4, 0.5) is 0 Å². The third-order valence-electron chi connectivity index (χ3n) is 6.70.